The van der Waals surface area contributed by atoms with E-state index in [1.165, 1.54) is 12.6 Å². The van der Waals surface area contributed by atoms with Crippen LogP contribution in [0.4, 0.5) is 0 Å². The van der Waals surface area contributed by atoms with E-state index in [0.717, 1.165) is 5.56 Å². The molecule has 0 aliphatic heterocycles. The average Bonchev–Trinajstić information content (AvgIpc) is 2.16. The maximum Gasteiger partial charge on any atom is 0.215 e. The van der Waals surface area contributed by atoms with Crippen molar-refractivity contribution >= 4 is 10.0 Å². The smallest absolute Gasteiger partial charge is 0.215 e. The van der Waals surface area contributed by atoms with Crippen molar-refractivity contribution in [2.45, 2.75) is 31.9 Å². The van der Waals surface area contributed by atoms with E-state index in [4.69, 9.17) is 0 Å². The predicted molar refractivity (Wildman–Crippen MR) is 66.8 cm³/mol. The van der Waals surface area contributed by atoms with Gasteiger partial charge < -0.3 is 0 Å². The molecule has 0 saturated heterocycles. The molecule has 0 atom stereocenters. The molecule has 3 nitrogen and oxygen atoms in total. The van der Waals surface area contributed by atoms with Gasteiger partial charge in [0.15, 0.2) is 0 Å². The van der Waals surface area contributed by atoms with Gasteiger partial charge in [-0.15, -0.1) is 0 Å². The van der Waals surface area contributed by atoms with Crippen molar-refractivity contribution in [2.24, 2.45) is 0 Å². The zero-order valence-corrected chi connectivity index (χ0v) is 11.1. The van der Waals surface area contributed by atoms with E-state index in [0.29, 0.717) is 0 Å². The lowest BCUT2D eigenvalue weighted by Crippen LogP contribution is -2.20. The Bertz CT molecular complexity index is 441. The van der Waals surface area contributed by atoms with Gasteiger partial charge in [-0.05, 0) is 23.6 Å². The number of hydrogen-bond donors (Lipinski definition) is 1. The third-order valence-corrected chi connectivity index (χ3v) is 3.82. The minimum Gasteiger partial charge on any atom is -0.218 e. The molecule has 0 spiro atoms. The Labute approximate surface area is 97.9 Å². The molecule has 0 radical (unpaired) electrons. The lowest BCUT2D eigenvalue weighted by atomic mass is 9.87. The van der Waals surface area contributed by atoms with E-state index in [2.05, 4.69) is 25.5 Å². The number of hydrogen-bond acceptors (Lipinski definition) is 2. The highest BCUT2D eigenvalue weighted by molar-refractivity contribution is 7.88. The quantitative estimate of drug-likeness (QED) is 0.880. The second-order valence-corrected chi connectivity index (χ2v) is 6.84. The Kier molecular flexibility index (Phi) is 3.76. The number of sulfonamides is 1. The first-order valence-electron chi connectivity index (χ1n) is 5.25. The first kappa shape index (κ1) is 13.2. The average molecular weight is 241 g/mol. The summed E-state index contributed by atoms with van der Waals surface area (Å²) < 4.78 is 25.0. The molecule has 0 aromatic heterocycles. The van der Waals surface area contributed by atoms with Gasteiger partial charge in [-0.2, -0.15) is 0 Å². The molecule has 0 aliphatic carbocycles. The van der Waals surface area contributed by atoms with Gasteiger partial charge in [-0.25, -0.2) is 13.1 Å². The second kappa shape index (κ2) is 4.55. The van der Waals surface area contributed by atoms with Crippen LogP contribution in [0.1, 0.15) is 31.9 Å². The van der Waals surface area contributed by atoms with Crippen LogP contribution in [0.2, 0.25) is 0 Å². The van der Waals surface area contributed by atoms with E-state index in [1.54, 1.807) is 0 Å². The summed E-state index contributed by atoms with van der Waals surface area (Å²) in [5, 5.41) is 0. The summed E-state index contributed by atoms with van der Waals surface area (Å²) in [5.74, 6) is 0.0356. The van der Waals surface area contributed by atoms with E-state index >= 15 is 0 Å². The van der Waals surface area contributed by atoms with Crippen LogP contribution in [0.5, 0.6) is 0 Å². The minimum absolute atomic E-state index is 0.0356. The summed E-state index contributed by atoms with van der Waals surface area (Å²) in [4.78, 5) is 0. The summed E-state index contributed by atoms with van der Waals surface area (Å²) in [7, 11) is -1.74. The van der Waals surface area contributed by atoms with Crippen LogP contribution in [0, 0.1) is 0 Å². The van der Waals surface area contributed by atoms with Crippen LogP contribution in [-0.2, 0) is 21.2 Å². The zero-order chi connectivity index (χ0) is 12.4. The molecule has 1 rings (SSSR count). The maximum absolute atomic E-state index is 11.3. The Balaban J connectivity index is 2.89. The molecule has 1 aromatic rings. The zero-order valence-electron chi connectivity index (χ0n) is 10.2. The van der Waals surface area contributed by atoms with Crippen LogP contribution in [0.3, 0.4) is 0 Å². The first-order valence-corrected chi connectivity index (χ1v) is 6.90. The van der Waals surface area contributed by atoms with Gasteiger partial charge in [-0.1, -0.05) is 45.0 Å². The third kappa shape index (κ3) is 3.61. The van der Waals surface area contributed by atoms with Crippen molar-refractivity contribution in [3.05, 3.63) is 35.4 Å². The number of benzene rings is 1. The van der Waals surface area contributed by atoms with Gasteiger partial charge in [0.05, 0.1) is 5.75 Å². The summed E-state index contributed by atoms with van der Waals surface area (Å²) in [5.41, 5.74) is 2.11. The molecule has 90 valence electrons. The van der Waals surface area contributed by atoms with Gasteiger partial charge >= 0.3 is 0 Å². The molecule has 0 heterocycles. The Morgan fingerprint density at radius 2 is 1.62 bits per heavy atom. The normalized spacial score (nSPS) is 12.8. The van der Waals surface area contributed by atoms with E-state index < -0.39 is 10.0 Å². The first-order chi connectivity index (χ1) is 7.24. The van der Waals surface area contributed by atoms with Crippen LogP contribution < -0.4 is 4.72 Å². The second-order valence-electron chi connectivity index (χ2n) is 4.91. The lowest BCUT2D eigenvalue weighted by Gasteiger charge is -2.19. The van der Waals surface area contributed by atoms with Crippen molar-refractivity contribution in [3.63, 3.8) is 0 Å². The summed E-state index contributed by atoms with van der Waals surface area (Å²) in [6, 6.07) is 7.71. The van der Waals surface area contributed by atoms with Crippen molar-refractivity contribution < 1.29 is 8.42 Å². The largest absolute Gasteiger partial charge is 0.218 e. The molecule has 0 unspecified atom stereocenters. The van der Waals surface area contributed by atoms with Gasteiger partial charge in [0.25, 0.3) is 0 Å². The Morgan fingerprint density at radius 1 is 1.12 bits per heavy atom. The highest BCUT2D eigenvalue weighted by Crippen LogP contribution is 2.22. The molecule has 0 aliphatic rings. The van der Waals surface area contributed by atoms with Gasteiger partial charge in [0.1, 0.15) is 0 Å². The van der Waals surface area contributed by atoms with E-state index in [9.17, 15) is 8.42 Å². The van der Waals surface area contributed by atoms with E-state index in [1.807, 2.05) is 24.3 Å². The predicted octanol–water partition coefficient (Wildman–Crippen LogP) is 2.03. The molecular formula is C12H19NO2S. The van der Waals surface area contributed by atoms with Crippen molar-refractivity contribution in [3.8, 4) is 0 Å². The Hall–Kier alpha value is -0.870. The molecule has 1 N–H and O–H groups in total. The summed E-state index contributed by atoms with van der Waals surface area (Å²) in [6.07, 6.45) is 0. The highest BCUT2D eigenvalue weighted by atomic mass is 32.2. The van der Waals surface area contributed by atoms with Gasteiger partial charge in [0, 0.05) is 0 Å². The molecule has 4 heteroatoms. The fraction of sp³-hybridized carbons (Fsp3) is 0.500. The standard InChI is InChI=1S/C12H19NO2S/c1-12(2,3)11-7-5-10(6-8-11)9-16(14,15)13-4/h5-8,13H,9H2,1-4H3. The highest BCUT2D eigenvalue weighted by Gasteiger charge is 2.14. The Morgan fingerprint density at radius 3 is 2.00 bits per heavy atom. The summed E-state index contributed by atoms with van der Waals surface area (Å²) >= 11 is 0. The monoisotopic (exact) mass is 241 g/mol. The molecule has 0 amide bonds. The SMILES string of the molecule is CNS(=O)(=O)Cc1ccc(C(C)(C)C)cc1. The van der Waals surface area contributed by atoms with Crippen LogP contribution >= 0.6 is 0 Å². The third-order valence-electron chi connectivity index (χ3n) is 2.49. The lowest BCUT2D eigenvalue weighted by molar-refractivity contribution is 0.586. The summed E-state index contributed by atoms with van der Waals surface area (Å²) in [6.45, 7) is 6.39. The number of rotatable bonds is 3. The topological polar surface area (TPSA) is 46.2 Å². The van der Waals surface area contributed by atoms with Crippen molar-refractivity contribution in [1.82, 2.24) is 4.72 Å². The van der Waals surface area contributed by atoms with Crippen LogP contribution in [0.25, 0.3) is 0 Å². The molecule has 0 bridgehead atoms. The molecule has 0 saturated carbocycles. The molecular weight excluding hydrogens is 222 g/mol. The fourth-order valence-corrected chi connectivity index (χ4v) is 2.17. The number of nitrogens with one attached hydrogen (secondary N) is 1. The van der Waals surface area contributed by atoms with Crippen LogP contribution in [-0.4, -0.2) is 15.5 Å². The van der Waals surface area contributed by atoms with E-state index in [-0.39, 0.29) is 11.2 Å². The van der Waals surface area contributed by atoms with Crippen LogP contribution in [0.15, 0.2) is 24.3 Å². The van der Waals surface area contributed by atoms with Gasteiger partial charge in [0.2, 0.25) is 10.0 Å². The molecule has 16 heavy (non-hydrogen) atoms. The molecule has 0 fully saturated rings. The molecule has 1 aromatic carbocycles. The minimum atomic E-state index is -3.17. The van der Waals surface area contributed by atoms with Crippen molar-refractivity contribution in [2.75, 3.05) is 7.05 Å². The van der Waals surface area contributed by atoms with Crippen molar-refractivity contribution in [1.29, 1.82) is 0 Å². The van der Waals surface area contributed by atoms with Gasteiger partial charge in [-0.3, -0.25) is 0 Å². The fourth-order valence-electron chi connectivity index (χ4n) is 1.39. The maximum atomic E-state index is 11.3.